The molecule has 0 spiro atoms. The summed E-state index contributed by atoms with van der Waals surface area (Å²) >= 11 is 0. The topological polar surface area (TPSA) is 97.8 Å². The fourth-order valence-electron chi connectivity index (χ4n) is 1.08. The summed E-state index contributed by atoms with van der Waals surface area (Å²) in [4.78, 5) is 14.3. The number of anilines is 1. The molecule has 0 aromatic carbocycles. The third-order valence-corrected chi connectivity index (χ3v) is 1.73. The first-order chi connectivity index (χ1) is 6.66. The molecule has 2 aromatic rings. The number of aromatic nitrogens is 3. The van der Waals surface area contributed by atoms with Gasteiger partial charge in [0.25, 0.3) is 5.89 Å². The van der Waals surface area contributed by atoms with Crippen molar-refractivity contribution >= 4 is 6.01 Å². The lowest BCUT2D eigenvalue weighted by atomic mass is 10.2. The van der Waals surface area contributed by atoms with Crippen molar-refractivity contribution in [1.82, 2.24) is 15.2 Å². The number of aromatic amines is 1. The van der Waals surface area contributed by atoms with Gasteiger partial charge in [-0.1, -0.05) is 5.10 Å². The number of nitrogens with one attached hydrogen (secondary N) is 1. The number of H-pyrrole nitrogens is 1. The van der Waals surface area contributed by atoms with E-state index in [0.29, 0.717) is 5.56 Å². The maximum atomic E-state index is 11.5. The van der Waals surface area contributed by atoms with E-state index in [4.69, 9.17) is 10.2 Å². The highest BCUT2D eigenvalue weighted by Crippen LogP contribution is 2.13. The van der Waals surface area contributed by atoms with Gasteiger partial charge in [-0.15, -0.1) is 5.10 Å². The molecule has 14 heavy (non-hydrogen) atoms. The Labute approximate surface area is 78.8 Å². The molecule has 0 saturated heterocycles. The Bertz CT molecular complexity index is 514. The van der Waals surface area contributed by atoms with Gasteiger partial charge in [-0.2, -0.15) is 0 Å². The Morgan fingerprint density at radius 3 is 2.86 bits per heavy atom. The van der Waals surface area contributed by atoms with Gasteiger partial charge in [0.1, 0.15) is 5.56 Å². The fraction of sp³-hybridized carbons (Fsp3) is 0.125. The number of hydrogen-bond acceptors (Lipinski definition) is 5. The van der Waals surface area contributed by atoms with Crippen LogP contribution < -0.4 is 11.2 Å². The molecule has 2 heterocycles. The smallest absolute Gasteiger partial charge is 0.313 e. The minimum atomic E-state index is -0.176. The Morgan fingerprint density at radius 2 is 2.29 bits per heavy atom. The molecular weight excluding hydrogens is 184 g/mol. The molecule has 0 unspecified atom stereocenters. The molecule has 2 aromatic heterocycles. The third-order valence-electron chi connectivity index (χ3n) is 1.73. The van der Waals surface area contributed by atoms with Gasteiger partial charge in [-0.05, 0) is 6.92 Å². The van der Waals surface area contributed by atoms with Crippen LogP contribution in [-0.4, -0.2) is 15.2 Å². The maximum Gasteiger partial charge on any atom is 0.313 e. The van der Waals surface area contributed by atoms with E-state index in [1.165, 1.54) is 12.3 Å². The van der Waals surface area contributed by atoms with Gasteiger partial charge < -0.3 is 15.1 Å². The predicted octanol–water partition coefficient (Wildman–Crippen LogP) is 0.316. The highest BCUT2D eigenvalue weighted by molar-refractivity contribution is 5.51. The number of nitrogens with zero attached hydrogens (tertiary/aromatic N) is 2. The van der Waals surface area contributed by atoms with Gasteiger partial charge in [0.15, 0.2) is 5.43 Å². The molecule has 0 aliphatic rings. The third kappa shape index (κ3) is 1.37. The van der Waals surface area contributed by atoms with Crippen LogP contribution in [0.15, 0.2) is 21.5 Å². The summed E-state index contributed by atoms with van der Waals surface area (Å²) in [6.45, 7) is 1.79. The first kappa shape index (κ1) is 8.49. The molecule has 72 valence electrons. The second-order valence-electron chi connectivity index (χ2n) is 2.84. The van der Waals surface area contributed by atoms with Gasteiger partial charge in [0.2, 0.25) is 0 Å². The van der Waals surface area contributed by atoms with E-state index in [1.807, 2.05) is 0 Å². The molecule has 0 aliphatic heterocycles. The van der Waals surface area contributed by atoms with Crippen molar-refractivity contribution in [3.63, 3.8) is 0 Å². The van der Waals surface area contributed by atoms with Crippen molar-refractivity contribution in [1.29, 1.82) is 0 Å². The van der Waals surface area contributed by atoms with Crippen molar-refractivity contribution in [3.8, 4) is 11.5 Å². The van der Waals surface area contributed by atoms with E-state index < -0.39 is 0 Å². The Balaban J connectivity index is 2.57. The summed E-state index contributed by atoms with van der Waals surface area (Å²) in [5.41, 5.74) is 6.16. The monoisotopic (exact) mass is 192 g/mol. The largest absolute Gasteiger partial charge is 0.403 e. The molecule has 0 bridgehead atoms. The van der Waals surface area contributed by atoms with Crippen LogP contribution in [0.25, 0.3) is 11.5 Å². The molecule has 0 radical (unpaired) electrons. The number of pyridine rings is 1. The molecule has 6 heteroatoms. The zero-order chi connectivity index (χ0) is 10.1. The van der Waals surface area contributed by atoms with Crippen molar-refractivity contribution < 1.29 is 4.42 Å². The molecule has 0 saturated carbocycles. The van der Waals surface area contributed by atoms with Crippen molar-refractivity contribution in [2.75, 3.05) is 5.73 Å². The van der Waals surface area contributed by atoms with E-state index in [9.17, 15) is 4.79 Å². The van der Waals surface area contributed by atoms with E-state index in [0.717, 1.165) is 5.69 Å². The number of hydrogen-bond donors (Lipinski definition) is 2. The first-order valence-electron chi connectivity index (χ1n) is 3.95. The van der Waals surface area contributed by atoms with E-state index >= 15 is 0 Å². The van der Waals surface area contributed by atoms with Crippen LogP contribution in [0.5, 0.6) is 0 Å². The van der Waals surface area contributed by atoms with Gasteiger partial charge >= 0.3 is 6.01 Å². The SMILES string of the molecule is Cc1cc(=O)c(-c2nnc(N)o2)c[nH]1. The number of rotatable bonds is 1. The standard InChI is InChI=1S/C8H8N4O2/c1-4-2-6(13)5(3-10-4)7-11-12-8(9)14-7/h2-3H,1H3,(H2,9,12)(H,10,13). The number of nitrogen functional groups attached to an aromatic ring is 1. The first-order valence-corrected chi connectivity index (χ1v) is 3.95. The van der Waals surface area contributed by atoms with Gasteiger partial charge in [0.05, 0.1) is 0 Å². The highest BCUT2D eigenvalue weighted by Gasteiger charge is 2.09. The molecule has 0 fully saturated rings. The summed E-state index contributed by atoms with van der Waals surface area (Å²) in [5, 5.41) is 7.08. The minimum absolute atomic E-state index is 0.0556. The van der Waals surface area contributed by atoms with E-state index in [-0.39, 0.29) is 17.3 Å². The highest BCUT2D eigenvalue weighted by atomic mass is 16.4. The normalized spacial score (nSPS) is 10.4. The lowest BCUT2D eigenvalue weighted by Gasteiger charge is -1.94. The lowest BCUT2D eigenvalue weighted by Crippen LogP contribution is -2.05. The van der Waals surface area contributed by atoms with Gasteiger partial charge in [0, 0.05) is 18.0 Å². The van der Waals surface area contributed by atoms with Crippen LogP contribution in [0.1, 0.15) is 5.69 Å². The Kier molecular flexibility index (Phi) is 1.81. The molecule has 0 atom stereocenters. The maximum absolute atomic E-state index is 11.5. The Morgan fingerprint density at radius 1 is 1.50 bits per heavy atom. The average Bonchev–Trinajstić information content (AvgIpc) is 2.51. The van der Waals surface area contributed by atoms with Crippen molar-refractivity contribution in [2.24, 2.45) is 0 Å². The number of nitrogens with two attached hydrogens (primary N) is 1. The van der Waals surface area contributed by atoms with Gasteiger partial charge in [-0.3, -0.25) is 4.79 Å². The molecule has 2 rings (SSSR count). The summed E-state index contributed by atoms with van der Waals surface area (Å²) < 4.78 is 4.93. The van der Waals surface area contributed by atoms with Crippen LogP contribution in [-0.2, 0) is 0 Å². The zero-order valence-electron chi connectivity index (χ0n) is 7.44. The summed E-state index contributed by atoms with van der Waals surface area (Å²) in [6, 6.07) is 1.40. The minimum Gasteiger partial charge on any atom is -0.403 e. The number of aryl methyl sites for hydroxylation is 1. The summed E-state index contributed by atoms with van der Waals surface area (Å²) in [5.74, 6) is 0.128. The Hall–Kier alpha value is -2.11. The summed E-state index contributed by atoms with van der Waals surface area (Å²) in [6.07, 6.45) is 1.52. The van der Waals surface area contributed by atoms with Crippen LogP contribution in [0.3, 0.4) is 0 Å². The van der Waals surface area contributed by atoms with Crippen LogP contribution in [0, 0.1) is 6.92 Å². The van der Waals surface area contributed by atoms with Crippen molar-refractivity contribution in [2.45, 2.75) is 6.92 Å². The van der Waals surface area contributed by atoms with E-state index in [2.05, 4.69) is 15.2 Å². The summed E-state index contributed by atoms with van der Waals surface area (Å²) in [7, 11) is 0. The van der Waals surface area contributed by atoms with Crippen LogP contribution in [0.4, 0.5) is 6.01 Å². The second-order valence-corrected chi connectivity index (χ2v) is 2.84. The average molecular weight is 192 g/mol. The predicted molar refractivity (Wildman–Crippen MR) is 49.5 cm³/mol. The van der Waals surface area contributed by atoms with Crippen molar-refractivity contribution in [3.05, 3.63) is 28.2 Å². The molecular formula is C8H8N4O2. The van der Waals surface area contributed by atoms with Crippen LogP contribution in [0.2, 0.25) is 0 Å². The molecule has 0 aliphatic carbocycles. The zero-order valence-corrected chi connectivity index (χ0v) is 7.44. The van der Waals surface area contributed by atoms with Crippen LogP contribution >= 0.6 is 0 Å². The van der Waals surface area contributed by atoms with E-state index in [1.54, 1.807) is 6.92 Å². The quantitative estimate of drug-likeness (QED) is 0.677. The van der Waals surface area contributed by atoms with Gasteiger partial charge in [-0.25, -0.2) is 0 Å². The fourth-order valence-corrected chi connectivity index (χ4v) is 1.08. The molecule has 0 amide bonds. The molecule has 3 N–H and O–H groups in total. The lowest BCUT2D eigenvalue weighted by molar-refractivity contribution is 0.589. The molecule has 6 nitrogen and oxygen atoms in total. The second kappa shape index (κ2) is 2.99.